The van der Waals surface area contributed by atoms with Crippen LogP contribution in [0.4, 0.5) is 0 Å². The molecule has 5 heteroatoms. The van der Waals surface area contributed by atoms with Crippen molar-refractivity contribution >= 4 is 5.91 Å². The summed E-state index contributed by atoms with van der Waals surface area (Å²) in [6.07, 6.45) is 4.16. The first kappa shape index (κ1) is 14.8. The van der Waals surface area contributed by atoms with E-state index < -0.39 is 0 Å². The smallest absolute Gasteiger partial charge is 0.227 e. The minimum atomic E-state index is 0.00488. The minimum absolute atomic E-state index is 0.00488. The zero-order valence-electron chi connectivity index (χ0n) is 13.1. The Bertz CT molecular complexity index is 664. The SMILES string of the molecule is Cc1ccccc1CC(=O)N1CCNCC1c1nccn1C. The summed E-state index contributed by atoms with van der Waals surface area (Å²) in [5.41, 5.74) is 2.27. The van der Waals surface area contributed by atoms with Gasteiger partial charge in [0.15, 0.2) is 0 Å². The summed E-state index contributed by atoms with van der Waals surface area (Å²) in [7, 11) is 1.97. The molecule has 0 bridgehead atoms. The molecule has 3 rings (SSSR count). The number of carbonyl (C=O) groups excluding carboxylic acids is 1. The second-order valence-corrected chi connectivity index (χ2v) is 5.81. The van der Waals surface area contributed by atoms with Gasteiger partial charge in [-0.2, -0.15) is 0 Å². The van der Waals surface area contributed by atoms with Crippen molar-refractivity contribution in [2.45, 2.75) is 19.4 Å². The molecule has 2 aromatic rings. The molecule has 1 saturated heterocycles. The predicted octanol–water partition coefficient (Wildman–Crippen LogP) is 1.44. The molecule has 0 saturated carbocycles. The van der Waals surface area contributed by atoms with E-state index in [1.54, 1.807) is 6.20 Å². The average molecular weight is 298 g/mol. The number of aromatic nitrogens is 2. The molecule has 2 heterocycles. The van der Waals surface area contributed by atoms with E-state index in [9.17, 15) is 4.79 Å². The van der Waals surface area contributed by atoms with E-state index in [1.165, 1.54) is 5.56 Å². The van der Waals surface area contributed by atoms with Crippen molar-refractivity contribution in [1.82, 2.24) is 19.8 Å². The van der Waals surface area contributed by atoms with Gasteiger partial charge in [-0.15, -0.1) is 0 Å². The highest BCUT2D eigenvalue weighted by Crippen LogP contribution is 2.22. The zero-order chi connectivity index (χ0) is 15.5. The molecule has 1 amide bonds. The van der Waals surface area contributed by atoms with Crippen LogP contribution in [-0.2, 0) is 18.3 Å². The number of hydrogen-bond donors (Lipinski definition) is 1. The topological polar surface area (TPSA) is 50.2 Å². The molecule has 1 unspecified atom stereocenters. The zero-order valence-corrected chi connectivity index (χ0v) is 13.1. The molecule has 22 heavy (non-hydrogen) atoms. The number of rotatable bonds is 3. The van der Waals surface area contributed by atoms with E-state index in [4.69, 9.17) is 0 Å². The van der Waals surface area contributed by atoms with Crippen molar-refractivity contribution in [3.8, 4) is 0 Å². The second-order valence-electron chi connectivity index (χ2n) is 5.81. The predicted molar refractivity (Wildman–Crippen MR) is 85.4 cm³/mol. The van der Waals surface area contributed by atoms with Crippen LogP contribution in [0, 0.1) is 6.92 Å². The fraction of sp³-hybridized carbons (Fsp3) is 0.412. The van der Waals surface area contributed by atoms with Gasteiger partial charge in [-0.25, -0.2) is 4.98 Å². The maximum Gasteiger partial charge on any atom is 0.227 e. The monoisotopic (exact) mass is 298 g/mol. The lowest BCUT2D eigenvalue weighted by molar-refractivity contribution is -0.134. The highest BCUT2D eigenvalue weighted by atomic mass is 16.2. The van der Waals surface area contributed by atoms with Gasteiger partial charge in [0.25, 0.3) is 0 Å². The fourth-order valence-electron chi connectivity index (χ4n) is 3.00. The number of nitrogens with zero attached hydrogens (tertiary/aromatic N) is 3. The first-order valence-corrected chi connectivity index (χ1v) is 7.68. The number of amides is 1. The van der Waals surface area contributed by atoms with Crippen molar-refractivity contribution in [1.29, 1.82) is 0 Å². The third-order valence-electron chi connectivity index (χ3n) is 4.32. The summed E-state index contributed by atoms with van der Waals surface area (Å²) >= 11 is 0. The number of nitrogens with one attached hydrogen (secondary N) is 1. The van der Waals surface area contributed by atoms with Crippen LogP contribution in [0.15, 0.2) is 36.7 Å². The van der Waals surface area contributed by atoms with Crippen LogP contribution in [0.5, 0.6) is 0 Å². The van der Waals surface area contributed by atoms with Gasteiger partial charge in [0.1, 0.15) is 11.9 Å². The molecular weight excluding hydrogens is 276 g/mol. The number of carbonyl (C=O) groups is 1. The number of piperazine rings is 1. The molecule has 1 aliphatic heterocycles. The number of hydrogen-bond acceptors (Lipinski definition) is 3. The molecule has 1 aliphatic rings. The molecule has 0 radical (unpaired) electrons. The first-order valence-electron chi connectivity index (χ1n) is 7.68. The van der Waals surface area contributed by atoms with E-state index in [0.29, 0.717) is 6.42 Å². The molecular formula is C17H22N4O. The molecule has 0 aliphatic carbocycles. The maximum atomic E-state index is 12.8. The van der Waals surface area contributed by atoms with Crippen LogP contribution in [0.25, 0.3) is 0 Å². The largest absolute Gasteiger partial charge is 0.336 e. The Labute approximate surface area is 131 Å². The van der Waals surface area contributed by atoms with E-state index >= 15 is 0 Å². The lowest BCUT2D eigenvalue weighted by Gasteiger charge is -2.36. The molecule has 1 N–H and O–H groups in total. The van der Waals surface area contributed by atoms with Gasteiger partial charge in [-0.1, -0.05) is 24.3 Å². The summed E-state index contributed by atoms with van der Waals surface area (Å²) < 4.78 is 1.99. The fourth-order valence-corrected chi connectivity index (χ4v) is 3.00. The standard InChI is InChI=1S/C17H22N4O/c1-13-5-3-4-6-14(13)11-16(22)21-10-7-18-12-15(21)17-19-8-9-20(17)2/h3-6,8-9,15,18H,7,10-12H2,1-2H3. The van der Waals surface area contributed by atoms with Crippen molar-refractivity contribution in [2.75, 3.05) is 19.6 Å². The Kier molecular flexibility index (Phi) is 4.24. The number of aryl methyl sites for hydroxylation is 2. The summed E-state index contributed by atoms with van der Waals surface area (Å²) in [5.74, 6) is 1.11. The Balaban J connectivity index is 1.80. The normalized spacial score (nSPS) is 18.5. The van der Waals surface area contributed by atoms with Gasteiger partial charge >= 0.3 is 0 Å². The lowest BCUT2D eigenvalue weighted by Crippen LogP contribution is -2.49. The van der Waals surface area contributed by atoms with Crippen LogP contribution >= 0.6 is 0 Å². The van der Waals surface area contributed by atoms with Crippen molar-refractivity contribution in [3.05, 3.63) is 53.6 Å². The van der Waals surface area contributed by atoms with Crippen molar-refractivity contribution in [3.63, 3.8) is 0 Å². The summed E-state index contributed by atoms with van der Waals surface area (Å²) in [4.78, 5) is 19.2. The highest BCUT2D eigenvalue weighted by molar-refractivity contribution is 5.79. The first-order chi connectivity index (χ1) is 10.7. The molecule has 1 atom stereocenters. The summed E-state index contributed by atoms with van der Waals surface area (Å²) in [5, 5.41) is 3.36. The van der Waals surface area contributed by atoms with Gasteiger partial charge in [0.05, 0.1) is 6.42 Å². The molecule has 0 spiro atoms. The molecule has 116 valence electrons. The maximum absolute atomic E-state index is 12.8. The second kappa shape index (κ2) is 6.32. The summed E-state index contributed by atoms with van der Waals surface area (Å²) in [6, 6.07) is 8.08. The minimum Gasteiger partial charge on any atom is -0.336 e. The van der Waals surface area contributed by atoms with Gasteiger partial charge in [-0.05, 0) is 18.1 Å². The van der Waals surface area contributed by atoms with Crippen LogP contribution in [0.1, 0.15) is 23.0 Å². The molecule has 1 aromatic carbocycles. The molecule has 1 fully saturated rings. The van der Waals surface area contributed by atoms with Crippen LogP contribution < -0.4 is 5.32 Å². The van der Waals surface area contributed by atoms with Gasteiger partial charge in [-0.3, -0.25) is 4.79 Å². The van der Waals surface area contributed by atoms with E-state index in [-0.39, 0.29) is 11.9 Å². The lowest BCUT2D eigenvalue weighted by atomic mass is 10.0. The quantitative estimate of drug-likeness (QED) is 0.933. The van der Waals surface area contributed by atoms with E-state index in [1.807, 2.05) is 40.9 Å². The third kappa shape index (κ3) is 2.90. The van der Waals surface area contributed by atoms with Crippen molar-refractivity contribution in [2.24, 2.45) is 7.05 Å². The van der Waals surface area contributed by atoms with Gasteiger partial charge < -0.3 is 14.8 Å². The Morgan fingerprint density at radius 3 is 2.95 bits per heavy atom. The summed E-state index contributed by atoms with van der Waals surface area (Å²) in [6.45, 7) is 4.36. The van der Waals surface area contributed by atoms with E-state index in [2.05, 4.69) is 23.3 Å². The Morgan fingerprint density at radius 1 is 1.41 bits per heavy atom. The van der Waals surface area contributed by atoms with Gasteiger partial charge in [0.2, 0.25) is 5.91 Å². The van der Waals surface area contributed by atoms with Gasteiger partial charge in [0, 0.05) is 39.1 Å². The van der Waals surface area contributed by atoms with Crippen LogP contribution in [-0.4, -0.2) is 40.0 Å². The third-order valence-corrected chi connectivity index (χ3v) is 4.32. The Hall–Kier alpha value is -2.14. The van der Waals surface area contributed by atoms with Crippen LogP contribution in [0.2, 0.25) is 0 Å². The average Bonchev–Trinajstić information content (AvgIpc) is 2.95. The Morgan fingerprint density at radius 2 is 2.23 bits per heavy atom. The van der Waals surface area contributed by atoms with E-state index in [0.717, 1.165) is 31.0 Å². The van der Waals surface area contributed by atoms with Crippen molar-refractivity contribution < 1.29 is 4.79 Å². The molecule has 1 aromatic heterocycles. The highest BCUT2D eigenvalue weighted by Gasteiger charge is 2.30. The molecule has 5 nitrogen and oxygen atoms in total. The van der Waals surface area contributed by atoms with Crippen LogP contribution in [0.3, 0.4) is 0 Å². The number of imidazole rings is 1. The number of benzene rings is 1.